The predicted molar refractivity (Wildman–Crippen MR) is 152 cm³/mol. The van der Waals surface area contributed by atoms with Gasteiger partial charge in [0.25, 0.3) is 5.56 Å². The van der Waals surface area contributed by atoms with E-state index < -0.39 is 23.3 Å². The molecule has 2 saturated heterocycles. The normalized spacial score (nSPS) is 22.0. The van der Waals surface area contributed by atoms with Crippen LogP contribution in [0.2, 0.25) is 0 Å². The topological polar surface area (TPSA) is 92.2 Å². The number of amides is 4. The zero-order valence-electron chi connectivity index (χ0n) is 23.4. The molecule has 9 nitrogen and oxygen atoms in total. The van der Waals surface area contributed by atoms with Gasteiger partial charge in [-0.3, -0.25) is 24.2 Å². The number of benzene rings is 2. The number of rotatable bonds is 7. The lowest BCUT2D eigenvalue weighted by molar-refractivity contribution is -0.159. The third-order valence-electron chi connectivity index (χ3n) is 8.73. The zero-order chi connectivity index (χ0) is 28.7. The highest BCUT2D eigenvalue weighted by Gasteiger charge is 2.56. The van der Waals surface area contributed by atoms with Gasteiger partial charge in [-0.1, -0.05) is 48.5 Å². The molecule has 2 fully saturated rings. The molecule has 2 aromatic carbocycles. The van der Waals surface area contributed by atoms with Gasteiger partial charge in [0.05, 0.1) is 0 Å². The van der Waals surface area contributed by atoms with E-state index >= 15 is 0 Å². The minimum atomic E-state index is -1.45. The highest BCUT2D eigenvalue weighted by molar-refractivity contribution is 6.19. The van der Waals surface area contributed by atoms with Crippen molar-refractivity contribution in [1.29, 1.82) is 0 Å². The molecule has 0 unspecified atom stereocenters. The smallest absolute Gasteiger partial charge is 0.332 e. The van der Waals surface area contributed by atoms with Crippen LogP contribution in [0.1, 0.15) is 29.2 Å². The van der Waals surface area contributed by atoms with Crippen LogP contribution in [-0.4, -0.2) is 70.8 Å². The maximum absolute atomic E-state index is 13.9. The molecule has 1 aromatic heterocycles. The van der Waals surface area contributed by atoms with Crippen molar-refractivity contribution >= 4 is 17.8 Å². The number of nitrogens with zero attached hydrogens (tertiary/aromatic N) is 4. The third kappa shape index (κ3) is 4.95. The maximum atomic E-state index is 13.9. The van der Waals surface area contributed by atoms with Crippen molar-refractivity contribution in [1.82, 2.24) is 19.3 Å². The number of carbonyl (C=O) groups is 3. The second-order valence-corrected chi connectivity index (χ2v) is 11.6. The van der Waals surface area contributed by atoms with Crippen LogP contribution in [-0.2, 0) is 29.2 Å². The van der Waals surface area contributed by atoms with E-state index in [9.17, 15) is 19.2 Å². The fourth-order valence-corrected chi connectivity index (χ4v) is 6.77. The number of hydrogen-bond donors (Lipinski definition) is 0. The number of fused-ring (bicyclic) bond motifs is 4. The van der Waals surface area contributed by atoms with Gasteiger partial charge in [-0.05, 0) is 48.1 Å². The Morgan fingerprint density at radius 1 is 0.780 bits per heavy atom. The second kappa shape index (κ2) is 10.6. The molecule has 3 aliphatic rings. The number of barbiturate groups is 1. The largest absolute Gasteiger partial charge is 0.489 e. The van der Waals surface area contributed by atoms with Crippen molar-refractivity contribution in [3.63, 3.8) is 0 Å². The molecule has 3 aliphatic heterocycles. The number of pyridine rings is 1. The monoisotopic (exact) mass is 554 g/mol. The fourth-order valence-electron chi connectivity index (χ4n) is 6.77. The summed E-state index contributed by atoms with van der Waals surface area (Å²) >= 11 is 0. The predicted octanol–water partition coefficient (Wildman–Crippen LogP) is 3.13. The van der Waals surface area contributed by atoms with Gasteiger partial charge in [0, 0.05) is 58.0 Å². The maximum Gasteiger partial charge on any atom is 0.332 e. The second-order valence-electron chi connectivity index (χ2n) is 11.6. The van der Waals surface area contributed by atoms with Gasteiger partial charge in [0.15, 0.2) is 0 Å². The summed E-state index contributed by atoms with van der Waals surface area (Å²) in [6, 6.07) is 22.1. The van der Waals surface area contributed by atoms with Crippen molar-refractivity contribution in [2.45, 2.75) is 31.9 Å². The summed E-state index contributed by atoms with van der Waals surface area (Å²) in [6.07, 6.45) is 1.13. The van der Waals surface area contributed by atoms with E-state index in [4.69, 9.17) is 4.74 Å². The zero-order valence-corrected chi connectivity index (χ0v) is 23.4. The molecule has 0 aliphatic carbocycles. The van der Waals surface area contributed by atoms with E-state index in [-0.39, 0.29) is 30.4 Å². The van der Waals surface area contributed by atoms with Crippen molar-refractivity contribution in [2.24, 2.45) is 11.3 Å². The molecular weight excluding hydrogens is 520 g/mol. The van der Waals surface area contributed by atoms with E-state index in [0.29, 0.717) is 32.0 Å². The lowest BCUT2D eigenvalue weighted by Gasteiger charge is -2.48. The van der Waals surface area contributed by atoms with Gasteiger partial charge in [-0.15, -0.1) is 0 Å². The Bertz CT molecular complexity index is 1510. The highest BCUT2D eigenvalue weighted by Crippen LogP contribution is 2.39. The number of hydrogen-bond acceptors (Lipinski definition) is 6. The molecule has 9 heteroatoms. The molecule has 6 rings (SSSR count). The Balaban J connectivity index is 1.26. The Labute approximate surface area is 238 Å². The van der Waals surface area contributed by atoms with E-state index in [1.807, 2.05) is 65.2 Å². The van der Waals surface area contributed by atoms with Gasteiger partial charge >= 0.3 is 6.03 Å². The van der Waals surface area contributed by atoms with Crippen molar-refractivity contribution in [3.05, 3.63) is 100.0 Å². The summed E-state index contributed by atoms with van der Waals surface area (Å²) < 4.78 is 7.79. The van der Waals surface area contributed by atoms with Crippen molar-refractivity contribution < 1.29 is 19.1 Å². The number of imide groups is 2. The van der Waals surface area contributed by atoms with Crippen molar-refractivity contribution in [2.75, 3.05) is 33.7 Å². The highest BCUT2D eigenvalue weighted by atomic mass is 16.5. The average Bonchev–Trinajstić information content (AvgIpc) is 2.99. The molecule has 0 N–H and O–H groups in total. The molecule has 41 heavy (non-hydrogen) atoms. The van der Waals surface area contributed by atoms with Gasteiger partial charge in [-0.2, -0.15) is 0 Å². The van der Waals surface area contributed by atoms with E-state index in [1.54, 1.807) is 12.1 Å². The summed E-state index contributed by atoms with van der Waals surface area (Å²) in [4.78, 5) is 57.2. The first-order valence-corrected chi connectivity index (χ1v) is 14.0. The molecule has 212 valence electrons. The van der Waals surface area contributed by atoms with Crippen LogP contribution in [0.3, 0.4) is 0 Å². The quantitative estimate of drug-likeness (QED) is 0.417. The van der Waals surface area contributed by atoms with Crippen LogP contribution in [0, 0.1) is 11.3 Å². The van der Waals surface area contributed by atoms with Crippen LogP contribution >= 0.6 is 0 Å². The molecule has 4 amide bonds. The fraction of sp³-hybridized carbons (Fsp3) is 0.375. The van der Waals surface area contributed by atoms with Gasteiger partial charge in [0.2, 0.25) is 11.8 Å². The number of likely N-dealkylation sites (tertiary alicyclic amines) is 1. The number of urea groups is 1. The van der Waals surface area contributed by atoms with Crippen LogP contribution in [0.15, 0.2) is 77.6 Å². The first-order valence-electron chi connectivity index (χ1n) is 14.0. The number of aromatic nitrogens is 1. The molecule has 4 heterocycles. The summed E-state index contributed by atoms with van der Waals surface area (Å²) in [5, 5.41) is 0. The summed E-state index contributed by atoms with van der Waals surface area (Å²) in [5.41, 5.74) is 1.43. The van der Waals surface area contributed by atoms with Crippen LogP contribution in [0.5, 0.6) is 5.75 Å². The van der Waals surface area contributed by atoms with Crippen LogP contribution in [0.4, 0.5) is 4.79 Å². The molecule has 3 aromatic rings. The Morgan fingerprint density at radius 2 is 1.49 bits per heavy atom. The van der Waals surface area contributed by atoms with E-state index in [2.05, 4.69) is 4.90 Å². The first kappa shape index (κ1) is 27.0. The summed E-state index contributed by atoms with van der Waals surface area (Å²) in [7, 11) is 2.88. The molecule has 0 radical (unpaired) electrons. The Morgan fingerprint density at radius 3 is 2.20 bits per heavy atom. The van der Waals surface area contributed by atoms with E-state index in [1.165, 1.54) is 14.1 Å². The van der Waals surface area contributed by atoms with Gasteiger partial charge < -0.3 is 14.2 Å². The summed E-state index contributed by atoms with van der Waals surface area (Å²) in [5.74, 6) is 0.102. The molecule has 0 saturated carbocycles. The lowest BCUT2D eigenvalue weighted by Crippen LogP contribution is -2.67. The molecule has 0 spiro atoms. The van der Waals surface area contributed by atoms with E-state index in [0.717, 1.165) is 33.0 Å². The van der Waals surface area contributed by atoms with Crippen molar-refractivity contribution in [3.8, 4) is 5.75 Å². The Kier molecular flexibility index (Phi) is 6.99. The van der Waals surface area contributed by atoms with Gasteiger partial charge in [-0.25, -0.2) is 4.79 Å². The Hall–Kier alpha value is -4.24. The van der Waals surface area contributed by atoms with Crippen LogP contribution in [0.25, 0.3) is 0 Å². The standard InChI is InChI=1S/C32H34N4O5/c1-33-29(38)32(30(39)34(2)31(33)40,16-22-11-13-26(14-12-22)41-20-23-7-4-3-5-8-23)21-35-17-24-15-25(19-35)27-9-6-10-28(37)36(27)18-24/h3-14,24-25H,15-21H2,1-2H3/t24-,25+/m1/s1. The first-order chi connectivity index (χ1) is 19.7. The van der Waals surface area contributed by atoms with Crippen LogP contribution < -0.4 is 10.3 Å². The number of piperidine rings is 1. The number of carbonyl (C=O) groups excluding carboxylic acids is 3. The lowest BCUT2D eigenvalue weighted by atomic mass is 9.75. The number of ether oxygens (including phenoxy) is 1. The minimum absolute atomic E-state index is 0.0118. The molecule has 2 bridgehead atoms. The van der Waals surface area contributed by atoms with Gasteiger partial charge in [0.1, 0.15) is 17.8 Å². The molecule has 2 atom stereocenters. The summed E-state index contributed by atoms with van der Waals surface area (Å²) in [6.45, 7) is 2.57. The third-order valence-corrected chi connectivity index (χ3v) is 8.73. The average molecular weight is 555 g/mol. The minimum Gasteiger partial charge on any atom is -0.489 e. The SMILES string of the molecule is CN1C(=O)N(C)C(=O)C(Cc2ccc(OCc3ccccc3)cc2)(CN2C[C@H]3C[C@@H](C2)c2cccc(=O)n2C3)C1=O. The molecular formula is C32H34N4O5.